The smallest absolute Gasteiger partial charge is 0.283 e. The van der Waals surface area contributed by atoms with Gasteiger partial charge in [-0.2, -0.15) is 0 Å². The van der Waals surface area contributed by atoms with Crippen molar-refractivity contribution in [1.82, 2.24) is 0 Å². The van der Waals surface area contributed by atoms with Crippen molar-refractivity contribution >= 4 is 35.0 Å². The van der Waals surface area contributed by atoms with Crippen LogP contribution in [0.1, 0.15) is 22.3 Å². The number of thioether (sulfide) groups is 1. The van der Waals surface area contributed by atoms with E-state index in [1.165, 1.54) is 16.7 Å². The number of benzene rings is 3. The first kappa shape index (κ1) is 20.9. The van der Waals surface area contributed by atoms with Crippen LogP contribution in [0.2, 0.25) is 0 Å². The molecule has 0 unspecified atom stereocenters. The van der Waals surface area contributed by atoms with Gasteiger partial charge in [0.1, 0.15) is 10.6 Å². The van der Waals surface area contributed by atoms with E-state index in [2.05, 4.69) is 5.32 Å². The van der Waals surface area contributed by atoms with Crippen LogP contribution in [0.25, 0.3) is 0 Å². The van der Waals surface area contributed by atoms with Gasteiger partial charge in [-0.3, -0.25) is 9.59 Å². The average Bonchev–Trinajstić information content (AvgIpc) is 2.96. The maximum atomic E-state index is 13.5. The Labute approximate surface area is 187 Å². The molecule has 0 atom stereocenters. The Morgan fingerprint density at radius 1 is 0.774 bits per heavy atom. The summed E-state index contributed by atoms with van der Waals surface area (Å²) in [4.78, 5) is 29.6. The number of rotatable bonds is 5. The fourth-order valence-electron chi connectivity index (χ4n) is 3.62. The second-order valence-electron chi connectivity index (χ2n) is 7.73. The summed E-state index contributed by atoms with van der Waals surface area (Å²) in [6.45, 7) is 7.94. The van der Waals surface area contributed by atoms with Crippen molar-refractivity contribution in [1.29, 1.82) is 0 Å². The van der Waals surface area contributed by atoms with Crippen molar-refractivity contribution in [3.8, 4) is 0 Å². The van der Waals surface area contributed by atoms with E-state index in [0.717, 1.165) is 32.8 Å². The fraction of sp³-hybridized carbons (Fsp3) is 0.154. The van der Waals surface area contributed by atoms with E-state index in [1.54, 1.807) is 0 Å². The summed E-state index contributed by atoms with van der Waals surface area (Å²) in [7, 11) is 0. The number of nitrogens with one attached hydrogen (secondary N) is 1. The van der Waals surface area contributed by atoms with E-state index in [0.29, 0.717) is 16.3 Å². The van der Waals surface area contributed by atoms with Gasteiger partial charge in [0, 0.05) is 10.6 Å². The molecule has 0 aromatic heterocycles. The van der Waals surface area contributed by atoms with Gasteiger partial charge in [-0.25, -0.2) is 4.90 Å². The van der Waals surface area contributed by atoms with E-state index in [-0.39, 0.29) is 11.8 Å². The van der Waals surface area contributed by atoms with E-state index in [9.17, 15) is 9.59 Å². The predicted molar refractivity (Wildman–Crippen MR) is 127 cm³/mol. The minimum atomic E-state index is -0.337. The molecule has 0 radical (unpaired) electrons. The Morgan fingerprint density at radius 2 is 1.52 bits per heavy atom. The largest absolute Gasteiger partial charge is 0.350 e. The second kappa shape index (κ2) is 8.44. The van der Waals surface area contributed by atoms with E-state index >= 15 is 0 Å². The number of imide groups is 1. The molecule has 1 aliphatic heterocycles. The first-order valence-corrected chi connectivity index (χ1v) is 10.9. The number of carbonyl (C=O) groups excluding carboxylic acids is 2. The molecular formula is C26H24N2O2S. The van der Waals surface area contributed by atoms with Crippen molar-refractivity contribution in [3.05, 3.63) is 99.6 Å². The highest BCUT2D eigenvalue weighted by molar-refractivity contribution is 8.04. The van der Waals surface area contributed by atoms with Gasteiger partial charge in [0.2, 0.25) is 0 Å². The van der Waals surface area contributed by atoms with Crippen LogP contribution in [0.4, 0.5) is 11.4 Å². The van der Waals surface area contributed by atoms with Crippen LogP contribution >= 0.6 is 11.8 Å². The van der Waals surface area contributed by atoms with Gasteiger partial charge in [0.05, 0.1) is 5.69 Å². The highest BCUT2D eigenvalue weighted by Crippen LogP contribution is 2.39. The Morgan fingerprint density at radius 3 is 2.23 bits per heavy atom. The Bertz CT molecular complexity index is 1220. The summed E-state index contributed by atoms with van der Waals surface area (Å²) in [6.07, 6.45) is 0. The molecule has 0 saturated carbocycles. The normalized spacial score (nSPS) is 13.9. The standard InChI is InChI=1S/C26H24N2O2S/c1-16-13-14-22(18(3)15-16)28-25(29)23(27-21-12-8-9-17(2)19(21)4)24(26(28)30)31-20-10-6-5-7-11-20/h5-15,27H,1-4H3. The summed E-state index contributed by atoms with van der Waals surface area (Å²) >= 11 is 1.31. The van der Waals surface area contributed by atoms with Gasteiger partial charge in [-0.05, 0) is 68.7 Å². The summed E-state index contributed by atoms with van der Waals surface area (Å²) in [5, 5.41) is 3.28. The second-order valence-corrected chi connectivity index (χ2v) is 8.81. The van der Waals surface area contributed by atoms with Crippen LogP contribution < -0.4 is 10.2 Å². The summed E-state index contributed by atoms with van der Waals surface area (Å²) in [5.41, 5.74) is 5.89. The Hall–Kier alpha value is -3.31. The summed E-state index contributed by atoms with van der Waals surface area (Å²) in [5.74, 6) is -0.644. The summed E-state index contributed by atoms with van der Waals surface area (Å²) in [6, 6.07) is 21.3. The highest BCUT2D eigenvalue weighted by atomic mass is 32.2. The maximum absolute atomic E-state index is 13.5. The minimum absolute atomic E-state index is 0.307. The SMILES string of the molecule is Cc1ccc(N2C(=O)C(Nc3cccc(C)c3C)=C(Sc3ccccc3)C2=O)c(C)c1. The van der Waals surface area contributed by atoms with Crippen LogP contribution in [-0.4, -0.2) is 11.8 Å². The third-order valence-electron chi connectivity index (χ3n) is 5.46. The predicted octanol–water partition coefficient (Wildman–Crippen LogP) is 5.91. The number of hydrogen-bond donors (Lipinski definition) is 1. The lowest BCUT2D eigenvalue weighted by molar-refractivity contribution is -0.120. The van der Waals surface area contributed by atoms with Gasteiger partial charge in [-0.15, -0.1) is 0 Å². The Balaban J connectivity index is 1.79. The molecule has 0 fully saturated rings. The molecular weight excluding hydrogens is 404 g/mol. The topological polar surface area (TPSA) is 49.4 Å². The molecule has 31 heavy (non-hydrogen) atoms. The molecule has 1 aliphatic rings. The molecule has 156 valence electrons. The van der Waals surface area contributed by atoms with Gasteiger partial charge < -0.3 is 5.32 Å². The number of nitrogens with zero attached hydrogens (tertiary/aromatic N) is 1. The molecule has 3 aromatic rings. The molecule has 0 saturated heterocycles. The molecule has 0 spiro atoms. The van der Waals surface area contributed by atoms with Crippen molar-refractivity contribution in [2.45, 2.75) is 32.6 Å². The zero-order chi connectivity index (χ0) is 22.1. The van der Waals surface area contributed by atoms with Crippen LogP contribution in [0.15, 0.2) is 82.2 Å². The molecule has 5 heteroatoms. The van der Waals surface area contributed by atoms with Gasteiger partial charge in [0.25, 0.3) is 11.8 Å². The zero-order valence-electron chi connectivity index (χ0n) is 18.0. The van der Waals surface area contributed by atoms with Crippen molar-refractivity contribution in [2.24, 2.45) is 0 Å². The van der Waals surface area contributed by atoms with E-state index in [4.69, 9.17) is 0 Å². The van der Waals surface area contributed by atoms with Gasteiger partial charge >= 0.3 is 0 Å². The van der Waals surface area contributed by atoms with Crippen LogP contribution in [0, 0.1) is 27.7 Å². The first-order chi connectivity index (χ1) is 14.9. The van der Waals surface area contributed by atoms with Crippen molar-refractivity contribution in [2.75, 3.05) is 10.2 Å². The maximum Gasteiger partial charge on any atom is 0.283 e. The average molecular weight is 429 g/mol. The molecule has 0 bridgehead atoms. The zero-order valence-corrected chi connectivity index (χ0v) is 18.8. The lowest BCUT2D eigenvalue weighted by Gasteiger charge is -2.18. The molecule has 1 N–H and O–H groups in total. The van der Waals surface area contributed by atoms with E-state index in [1.807, 2.05) is 94.4 Å². The van der Waals surface area contributed by atoms with Crippen LogP contribution in [0.3, 0.4) is 0 Å². The van der Waals surface area contributed by atoms with Crippen molar-refractivity contribution < 1.29 is 9.59 Å². The molecule has 4 rings (SSSR count). The van der Waals surface area contributed by atoms with Gasteiger partial charge in [-0.1, -0.05) is 59.8 Å². The van der Waals surface area contributed by atoms with Crippen LogP contribution in [0.5, 0.6) is 0 Å². The third-order valence-corrected chi connectivity index (χ3v) is 6.55. The summed E-state index contributed by atoms with van der Waals surface area (Å²) < 4.78 is 0. The molecule has 0 aliphatic carbocycles. The minimum Gasteiger partial charge on any atom is -0.350 e. The lowest BCUT2D eigenvalue weighted by atomic mass is 10.1. The monoisotopic (exact) mass is 428 g/mol. The lowest BCUT2D eigenvalue weighted by Crippen LogP contribution is -2.33. The highest BCUT2D eigenvalue weighted by Gasteiger charge is 2.40. The number of amides is 2. The number of carbonyl (C=O) groups is 2. The first-order valence-electron chi connectivity index (χ1n) is 10.1. The molecule has 3 aromatic carbocycles. The van der Waals surface area contributed by atoms with Gasteiger partial charge in [0.15, 0.2) is 0 Å². The molecule has 4 nitrogen and oxygen atoms in total. The number of anilines is 2. The van der Waals surface area contributed by atoms with E-state index < -0.39 is 0 Å². The number of hydrogen-bond acceptors (Lipinski definition) is 4. The Kier molecular flexibility index (Phi) is 5.70. The fourth-order valence-corrected chi connectivity index (χ4v) is 4.57. The molecule has 1 heterocycles. The quantitative estimate of drug-likeness (QED) is 0.513. The number of aryl methyl sites for hydroxylation is 3. The molecule has 2 amide bonds. The third kappa shape index (κ3) is 4.01. The van der Waals surface area contributed by atoms with Crippen LogP contribution in [-0.2, 0) is 9.59 Å². The van der Waals surface area contributed by atoms with Crippen molar-refractivity contribution in [3.63, 3.8) is 0 Å².